The standard InChI is InChI=1S/C23H28N4O5S2/c1-14-8-15(2)11-27(10-14)34(30,31)21-16(3)33-22-20(21)23(29)26(13-24-22)12-19(28)25-17-6-5-7-18(9-17)32-4/h5-7,9,13-15H,8,10-12H2,1-4H3,(H,25,28)/t14-,15-/m1/s1. The molecule has 0 bridgehead atoms. The quantitative estimate of drug-likeness (QED) is 0.552. The Hall–Kier alpha value is -2.76. The molecule has 2 atom stereocenters. The van der Waals surface area contributed by atoms with Crippen LogP contribution in [0.15, 0.2) is 40.3 Å². The van der Waals surface area contributed by atoms with E-state index in [0.717, 1.165) is 11.0 Å². The summed E-state index contributed by atoms with van der Waals surface area (Å²) >= 11 is 1.17. The summed E-state index contributed by atoms with van der Waals surface area (Å²) in [6.07, 6.45) is 2.25. The van der Waals surface area contributed by atoms with Crippen molar-refractivity contribution in [3.63, 3.8) is 0 Å². The predicted molar refractivity (Wildman–Crippen MR) is 132 cm³/mol. The summed E-state index contributed by atoms with van der Waals surface area (Å²) in [5.41, 5.74) is -0.0266. The van der Waals surface area contributed by atoms with Crippen LogP contribution in [0.5, 0.6) is 5.75 Å². The van der Waals surface area contributed by atoms with E-state index in [1.165, 1.54) is 29.1 Å². The van der Waals surface area contributed by atoms with Crippen LogP contribution in [-0.4, -0.2) is 48.4 Å². The van der Waals surface area contributed by atoms with Gasteiger partial charge in [-0.05, 0) is 37.3 Å². The van der Waals surface area contributed by atoms with Crippen LogP contribution in [-0.2, 0) is 21.4 Å². The number of thiophene rings is 1. The van der Waals surface area contributed by atoms with Crippen molar-refractivity contribution >= 4 is 43.2 Å². The molecule has 4 rings (SSSR count). The first kappa shape index (κ1) is 24.4. The Bertz CT molecular complexity index is 1390. The van der Waals surface area contributed by atoms with Crippen LogP contribution in [0.3, 0.4) is 0 Å². The smallest absolute Gasteiger partial charge is 0.263 e. The lowest BCUT2D eigenvalue weighted by atomic mass is 9.94. The van der Waals surface area contributed by atoms with Gasteiger partial charge >= 0.3 is 0 Å². The molecule has 9 nitrogen and oxygen atoms in total. The number of hydrogen-bond acceptors (Lipinski definition) is 7. The highest BCUT2D eigenvalue weighted by molar-refractivity contribution is 7.89. The number of hydrogen-bond donors (Lipinski definition) is 1. The molecule has 1 aromatic carbocycles. The monoisotopic (exact) mass is 504 g/mol. The van der Waals surface area contributed by atoms with E-state index in [4.69, 9.17) is 4.74 Å². The Morgan fingerprint density at radius 3 is 2.65 bits per heavy atom. The van der Waals surface area contributed by atoms with E-state index < -0.39 is 21.5 Å². The molecule has 1 aliphatic rings. The zero-order valence-corrected chi connectivity index (χ0v) is 21.2. The van der Waals surface area contributed by atoms with E-state index in [0.29, 0.717) is 34.2 Å². The summed E-state index contributed by atoms with van der Waals surface area (Å²) in [4.78, 5) is 31.1. The van der Waals surface area contributed by atoms with Crippen molar-refractivity contribution in [2.75, 3.05) is 25.5 Å². The molecule has 1 aliphatic heterocycles. The van der Waals surface area contributed by atoms with Gasteiger partial charge in [0.15, 0.2) is 0 Å². The molecule has 1 saturated heterocycles. The van der Waals surface area contributed by atoms with E-state index in [1.807, 2.05) is 13.8 Å². The zero-order chi connectivity index (χ0) is 24.6. The van der Waals surface area contributed by atoms with Crippen LogP contribution in [0.1, 0.15) is 25.1 Å². The first-order chi connectivity index (χ1) is 16.1. The number of carbonyl (C=O) groups excluding carboxylic acids is 1. The van der Waals surface area contributed by atoms with Crippen molar-refractivity contribution < 1.29 is 17.9 Å². The SMILES string of the molecule is COc1cccc(NC(=O)Cn2cnc3sc(C)c(S(=O)(=O)N4C[C@H](C)C[C@@H](C)C4)c3c2=O)c1. The molecule has 3 heterocycles. The second-order valence-electron chi connectivity index (χ2n) is 8.89. The number of rotatable bonds is 6. The lowest BCUT2D eigenvalue weighted by Gasteiger charge is -2.34. The van der Waals surface area contributed by atoms with Crippen molar-refractivity contribution in [2.45, 2.75) is 38.6 Å². The summed E-state index contributed by atoms with van der Waals surface area (Å²) in [5.74, 6) is 0.618. The molecule has 1 fully saturated rings. The summed E-state index contributed by atoms with van der Waals surface area (Å²) in [7, 11) is -2.36. The van der Waals surface area contributed by atoms with Gasteiger partial charge < -0.3 is 10.1 Å². The van der Waals surface area contributed by atoms with Gasteiger partial charge in [0.05, 0.1) is 18.8 Å². The molecule has 0 spiro atoms. The fraction of sp³-hybridized carbons (Fsp3) is 0.435. The van der Waals surface area contributed by atoms with Gasteiger partial charge in [-0.25, -0.2) is 13.4 Å². The minimum Gasteiger partial charge on any atom is -0.497 e. The minimum absolute atomic E-state index is 0.00820. The highest BCUT2D eigenvalue weighted by Crippen LogP contribution is 2.35. The average Bonchev–Trinajstić information content (AvgIpc) is 3.12. The van der Waals surface area contributed by atoms with Gasteiger partial charge in [0.25, 0.3) is 5.56 Å². The first-order valence-corrected chi connectivity index (χ1v) is 13.3. The maximum Gasteiger partial charge on any atom is 0.263 e. The molecule has 11 heteroatoms. The fourth-order valence-electron chi connectivity index (χ4n) is 4.52. The predicted octanol–water partition coefficient (Wildman–Crippen LogP) is 3.08. The molecule has 3 aromatic rings. The molecule has 34 heavy (non-hydrogen) atoms. The van der Waals surface area contributed by atoms with Crippen molar-refractivity contribution in [1.29, 1.82) is 0 Å². The number of methoxy groups -OCH3 is 1. The lowest BCUT2D eigenvalue weighted by molar-refractivity contribution is -0.116. The van der Waals surface area contributed by atoms with Gasteiger partial charge in [-0.2, -0.15) is 4.31 Å². The summed E-state index contributed by atoms with van der Waals surface area (Å²) < 4.78 is 35.0. The van der Waals surface area contributed by atoms with Gasteiger partial charge in [-0.1, -0.05) is 19.9 Å². The molecule has 0 aliphatic carbocycles. The summed E-state index contributed by atoms with van der Waals surface area (Å²) in [5, 5.41) is 2.77. The molecule has 1 amide bonds. The number of aryl methyl sites for hydroxylation is 1. The second-order valence-corrected chi connectivity index (χ2v) is 12.0. The van der Waals surface area contributed by atoms with Gasteiger partial charge in [0.1, 0.15) is 22.0 Å². The molecular formula is C23H28N4O5S2. The number of nitrogens with one attached hydrogen (secondary N) is 1. The molecular weight excluding hydrogens is 476 g/mol. The number of benzene rings is 1. The third-order valence-electron chi connectivity index (χ3n) is 5.90. The number of aromatic nitrogens is 2. The van der Waals surface area contributed by atoms with Crippen molar-refractivity contribution in [3.05, 3.63) is 45.8 Å². The number of nitrogens with zero attached hydrogens (tertiary/aromatic N) is 3. The van der Waals surface area contributed by atoms with Crippen molar-refractivity contribution in [1.82, 2.24) is 13.9 Å². The minimum atomic E-state index is -3.89. The van der Waals surface area contributed by atoms with Crippen LogP contribution in [0, 0.1) is 18.8 Å². The average molecular weight is 505 g/mol. The third kappa shape index (κ3) is 4.73. The Balaban J connectivity index is 1.68. The van der Waals surface area contributed by atoms with E-state index in [9.17, 15) is 18.0 Å². The molecule has 0 unspecified atom stereocenters. The van der Waals surface area contributed by atoms with Gasteiger partial charge in [0, 0.05) is 29.7 Å². The topological polar surface area (TPSA) is 111 Å². The van der Waals surface area contributed by atoms with Gasteiger partial charge in [-0.3, -0.25) is 14.2 Å². The van der Waals surface area contributed by atoms with E-state index >= 15 is 0 Å². The Kier molecular flexibility index (Phi) is 6.79. The molecule has 0 saturated carbocycles. The zero-order valence-electron chi connectivity index (χ0n) is 19.6. The highest BCUT2D eigenvalue weighted by atomic mass is 32.2. The Labute approximate surface area is 202 Å². The molecule has 1 N–H and O–H groups in total. The van der Waals surface area contributed by atoms with Crippen LogP contribution in [0.2, 0.25) is 0 Å². The summed E-state index contributed by atoms with van der Waals surface area (Å²) in [6, 6.07) is 6.86. The van der Waals surface area contributed by atoms with Crippen LogP contribution in [0.25, 0.3) is 10.2 Å². The number of amides is 1. The van der Waals surface area contributed by atoms with E-state index in [2.05, 4.69) is 10.3 Å². The number of carbonyl (C=O) groups is 1. The second kappa shape index (κ2) is 9.47. The number of fused-ring (bicyclic) bond motifs is 1. The van der Waals surface area contributed by atoms with Crippen LogP contribution >= 0.6 is 11.3 Å². The maximum absolute atomic E-state index is 13.6. The van der Waals surface area contributed by atoms with Crippen LogP contribution in [0.4, 0.5) is 5.69 Å². The largest absolute Gasteiger partial charge is 0.497 e. The van der Waals surface area contributed by atoms with Crippen LogP contribution < -0.4 is 15.6 Å². The van der Waals surface area contributed by atoms with Gasteiger partial charge in [-0.15, -0.1) is 11.3 Å². The lowest BCUT2D eigenvalue weighted by Crippen LogP contribution is -2.42. The number of ether oxygens (including phenoxy) is 1. The van der Waals surface area contributed by atoms with Gasteiger partial charge in [0.2, 0.25) is 15.9 Å². The van der Waals surface area contributed by atoms with Crippen molar-refractivity contribution in [3.8, 4) is 5.75 Å². The molecule has 182 valence electrons. The van der Waals surface area contributed by atoms with E-state index in [-0.39, 0.29) is 28.7 Å². The summed E-state index contributed by atoms with van der Waals surface area (Å²) in [6.45, 7) is 6.29. The number of sulfonamides is 1. The third-order valence-corrected chi connectivity index (χ3v) is 9.05. The molecule has 2 aromatic heterocycles. The van der Waals surface area contributed by atoms with Crippen molar-refractivity contribution in [2.24, 2.45) is 11.8 Å². The Morgan fingerprint density at radius 2 is 1.97 bits per heavy atom. The maximum atomic E-state index is 13.6. The first-order valence-electron chi connectivity index (χ1n) is 11.0. The van der Waals surface area contributed by atoms with E-state index in [1.54, 1.807) is 31.2 Å². The Morgan fingerprint density at radius 1 is 1.26 bits per heavy atom. The fourth-order valence-corrected chi connectivity index (χ4v) is 7.87. The number of piperidine rings is 1. The number of anilines is 1. The normalized spacial score (nSPS) is 19.3. The molecule has 0 radical (unpaired) electrons. The highest BCUT2D eigenvalue weighted by Gasteiger charge is 2.35.